The molecule has 0 aliphatic carbocycles. The highest BCUT2D eigenvalue weighted by molar-refractivity contribution is 6.32. The molecule has 0 bridgehead atoms. The second kappa shape index (κ2) is 7.52. The number of anilines is 2. The summed E-state index contributed by atoms with van der Waals surface area (Å²) in [6.07, 6.45) is 0.349. The molecule has 2 aliphatic heterocycles. The first-order valence-electron chi connectivity index (χ1n) is 9.16. The van der Waals surface area contributed by atoms with Gasteiger partial charge in [0.1, 0.15) is 16.7 Å². The van der Waals surface area contributed by atoms with Crippen molar-refractivity contribution >= 4 is 29.0 Å². The number of ether oxygens (including phenoxy) is 1. The van der Waals surface area contributed by atoms with Crippen molar-refractivity contribution in [3.8, 4) is 0 Å². The summed E-state index contributed by atoms with van der Waals surface area (Å²) in [6, 6.07) is 4.55. The zero-order valence-electron chi connectivity index (χ0n) is 15.4. The number of halogens is 2. The zero-order chi connectivity index (χ0) is 19.8. The van der Waals surface area contributed by atoms with Crippen LogP contribution in [0.1, 0.15) is 18.3 Å². The highest BCUT2D eigenvalue weighted by Crippen LogP contribution is 2.34. The van der Waals surface area contributed by atoms with Crippen LogP contribution < -0.4 is 15.4 Å². The van der Waals surface area contributed by atoms with Crippen LogP contribution in [0.25, 0.3) is 0 Å². The lowest BCUT2D eigenvalue weighted by Gasteiger charge is -2.28. The number of nitrogens with one attached hydrogen (secondary N) is 1. The van der Waals surface area contributed by atoms with Crippen LogP contribution in [0, 0.1) is 5.82 Å². The van der Waals surface area contributed by atoms with Crippen molar-refractivity contribution in [2.24, 2.45) is 0 Å². The summed E-state index contributed by atoms with van der Waals surface area (Å²) in [4.78, 5) is 35.7. The molecule has 0 saturated carbocycles. The minimum atomic E-state index is -0.484. The number of rotatable bonds is 3. The Kier molecular flexibility index (Phi) is 5.07. The summed E-state index contributed by atoms with van der Waals surface area (Å²) in [5, 5.41) is 0.0000521. The first-order chi connectivity index (χ1) is 13.5. The predicted octanol–water partition coefficient (Wildman–Crippen LogP) is 1.92. The van der Waals surface area contributed by atoms with E-state index in [1.54, 1.807) is 17.0 Å². The number of fused-ring (bicyclic) bond motifs is 1. The molecule has 0 spiro atoms. The number of hydrogen-bond donors (Lipinski definition) is 1. The van der Waals surface area contributed by atoms with Crippen molar-refractivity contribution in [3.63, 3.8) is 0 Å². The molecule has 4 rings (SSSR count). The quantitative estimate of drug-likeness (QED) is 0.842. The Hall–Kier alpha value is -2.45. The molecular formula is C19H20ClFN4O3. The van der Waals surface area contributed by atoms with Crippen LogP contribution in [-0.2, 0) is 22.4 Å². The lowest BCUT2D eigenvalue weighted by molar-refractivity contribution is -0.118. The maximum atomic E-state index is 14.1. The number of aromatic nitrogens is 2. The van der Waals surface area contributed by atoms with E-state index in [0.717, 1.165) is 0 Å². The van der Waals surface area contributed by atoms with E-state index in [4.69, 9.17) is 16.3 Å². The van der Waals surface area contributed by atoms with E-state index in [-0.39, 0.29) is 35.0 Å². The smallest absolute Gasteiger partial charge is 0.271 e. The number of amides is 1. The fourth-order valence-electron chi connectivity index (χ4n) is 3.77. The van der Waals surface area contributed by atoms with Crippen molar-refractivity contribution in [3.05, 3.63) is 50.8 Å². The molecule has 7 nitrogen and oxygen atoms in total. The van der Waals surface area contributed by atoms with Gasteiger partial charge < -0.3 is 19.5 Å². The van der Waals surface area contributed by atoms with Crippen LogP contribution in [0.3, 0.4) is 0 Å². The van der Waals surface area contributed by atoms with E-state index >= 15 is 0 Å². The fourth-order valence-corrected chi connectivity index (χ4v) is 3.98. The number of H-pyrrole nitrogens is 1. The van der Waals surface area contributed by atoms with E-state index in [9.17, 15) is 14.0 Å². The van der Waals surface area contributed by atoms with Gasteiger partial charge in [0.2, 0.25) is 5.91 Å². The van der Waals surface area contributed by atoms with Gasteiger partial charge in [-0.2, -0.15) is 0 Å². The normalized spacial score (nSPS) is 19.0. The molecule has 1 N–H and O–H groups in total. The Morgan fingerprint density at radius 2 is 2.14 bits per heavy atom. The Bertz CT molecular complexity index is 974. The molecule has 1 aromatic carbocycles. The van der Waals surface area contributed by atoms with Gasteiger partial charge in [-0.15, -0.1) is 0 Å². The van der Waals surface area contributed by atoms with E-state index in [1.165, 1.54) is 6.07 Å². The second-order valence-electron chi connectivity index (χ2n) is 6.98. The number of hydrogen-bond acceptors (Lipinski definition) is 5. The second-order valence-corrected chi connectivity index (χ2v) is 7.36. The maximum Gasteiger partial charge on any atom is 0.271 e. The van der Waals surface area contributed by atoms with Gasteiger partial charge in [0.05, 0.1) is 25.3 Å². The van der Waals surface area contributed by atoms with Crippen molar-refractivity contribution in [2.45, 2.75) is 25.8 Å². The number of nitrogens with zero attached hydrogens (tertiary/aromatic N) is 3. The van der Waals surface area contributed by atoms with Gasteiger partial charge >= 0.3 is 0 Å². The molecule has 3 heterocycles. The monoisotopic (exact) mass is 406 g/mol. The minimum Gasteiger partial charge on any atom is -0.378 e. The molecule has 148 valence electrons. The standard InChI is InChI=1S/C19H20ClFN4O3/c1-11-9-12-13(21)3-2-4-14(12)25(11)16(26)10-15-22-18(17(20)19(27)23-15)24-5-7-28-8-6-24/h2-4,11H,5-10H2,1H3,(H,22,23,27)/t11-/m1/s1. The van der Waals surface area contributed by atoms with Crippen molar-refractivity contribution in [2.75, 3.05) is 36.1 Å². The van der Waals surface area contributed by atoms with Crippen molar-refractivity contribution in [1.29, 1.82) is 0 Å². The SMILES string of the molecule is C[C@@H]1Cc2c(F)cccc2N1C(=O)Cc1nc(N2CCOCC2)c(Cl)c(=O)[nH]1. The third-order valence-corrected chi connectivity index (χ3v) is 5.43. The Morgan fingerprint density at radius 1 is 1.39 bits per heavy atom. The van der Waals surface area contributed by atoms with E-state index in [1.807, 2.05) is 11.8 Å². The third-order valence-electron chi connectivity index (χ3n) is 5.09. The summed E-state index contributed by atoms with van der Waals surface area (Å²) in [5.41, 5.74) is 0.624. The number of carbonyl (C=O) groups is 1. The van der Waals surface area contributed by atoms with Gasteiger partial charge in [0.25, 0.3) is 5.56 Å². The number of aromatic amines is 1. The summed E-state index contributed by atoms with van der Waals surface area (Å²) in [5.74, 6) is 0.0258. The summed E-state index contributed by atoms with van der Waals surface area (Å²) in [6.45, 7) is 4.05. The molecule has 0 unspecified atom stereocenters. The lowest BCUT2D eigenvalue weighted by atomic mass is 10.1. The highest BCUT2D eigenvalue weighted by Gasteiger charge is 2.33. The van der Waals surface area contributed by atoms with Gasteiger partial charge in [0, 0.05) is 24.7 Å². The van der Waals surface area contributed by atoms with Crippen LogP contribution in [0.2, 0.25) is 5.02 Å². The fraction of sp³-hybridized carbons (Fsp3) is 0.421. The van der Waals surface area contributed by atoms with Crippen molar-refractivity contribution in [1.82, 2.24) is 9.97 Å². The van der Waals surface area contributed by atoms with Gasteiger partial charge in [-0.05, 0) is 25.5 Å². The third kappa shape index (κ3) is 3.38. The van der Waals surface area contributed by atoms with Crippen LogP contribution in [0.4, 0.5) is 15.9 Å². The predicted molar refractivity (Wildman–Crippen MR) is 104 cm³/mol. The number of benzene rings is 1. The van der Waals surface area contributed by atoms with Gasteiger partial charge in [-0.1, -0.05) is 17.7 Å². The summed E-state index contributed by atoms with van der Waals surface area (Å²) >= 11 is 6.14. The van der Waals surface area contributed by atoms with Crippen LogP contribution in [0.5, 0.6) is 0 Å². The minimum absolute atomic E-state index is 0.0000521. The van der Waals surface area contributed by atoms with E-state index in [0.29, 0.717) is 49.8 Å². The first-order valence-corrected chi connectivity index (χ1v) is 9.54. The molecule has 1 amide bonds. The molecule has 1 atom stereocenters. The molecule has 2 aliphatic rings. The Balaban J connectivity index is 1.61. The summed E-state index contributed by atoms with van der Waals surface area (Å²) in [7, 11) is 0. The molecule has 1 aromatic heterocycles. The highest BCUT2D eigenvalue weighted by atomic mass is 35.5. The Labute approximate surface area is 166 Å². The van der Waals surface area contributed by atoms with Crippen LogP contribution in [-0.4, -0.2) is 48.2 Å². The van der Waals surface area contributed by atoms with Gasteiger partial charge in [-0.25, -0.2) is 9.37 Å². The molecule has 0 radical (unpaired) electrons. The first kappa shape index (κ1) is 18.9. The average molecular weight is 407 g/mol. The topological polar surface area (TPSA) is 78.5 Å². The maximum absolute atomic E-state index is 14.1. The zero-order valence-corrected chi connectivity index (χ0v) is 16.1. The molecule has 9 heteroatoms. The average Bonchev–Trinajstić information content (AvgIpc) is 3.02. The van der Waals surface area contributed by atoms with Crippen LogP contribution >= 0.6 is 11.6 Å². The number of carbonyl (C=O) groups excluding carboxylic acids is 1. The molecular weight excluding hydrogens is 387 g/mol. The van der Waals surface area contributed by atoms with E-state index in [2.05, 4.69) is 9.97 Å². The number of morpholine rings is 1. The largest absolute Gasteiger partial charge is 0.378 e. The van der Waals surface area contributed by atoms with Crippen molar-refractivity contribution < 1.29 is 13.9 Å². The van der Waals surface area contributed by atoms with Crippen LogP contribution in [0.15, 0.2) is 23.0 Å². The molecule has 2 aromatic rings. The van der Waals surface area contributed by atoms with Gasteiger partial charge in [-0.3, -0.25) is 9.59 Å². The lowest BCUT2D eigenvalue weighted by Crippen LogP contribution is -2.39. The molecule has 1 fully saturated rings. The van der Waals surface area contributed by atoms with Gasteiger partial charge in [0.15, 0.2) is 5.82 Å². The Morgan fingerprint density at radius 3 is 2.89 bits per heavy atom. The molecule has 1 saturated heterocycles. The van der Waals surface area contributed by atoms with E-state index < -0.39 is 5.56 Å². The summed E-state index contributed by atoms with van der Waals surface area (Å²) < 4.78 is 19.4. The molecule has 28 heavy (non-hydrogen) atoms.